The van der Waals surface area contributed by atoms with Crippen LogP contribution in [-0.4, -0.2) is 25.6 Å². The number of nitrogens with two attached hydrogens (primary N) is 1. The van der Waals surface area contributed by atoms with Gasteiger partial charge in [0.15, 0.2) is 0 Å². The van der Waals surface area contributed by atoms with Gasteiger partial charge >= 0.3 is 0 Å². The summed E-state index contributed by atoms with van der Waals surface area (Å²) >= 11 is 0. The zero-order valence-electron chi connectivity index (χ0n) is 7.11. The van der Waals surface area contributed by atoms with Crippen LogP contribution in [0.3, 0.4) is 0 Å². The lowest BCUT2D eigenvalue weighted by Crippen LogP contribution is -2.24. The predicted molar refractivity (Wildman–Crippen MR) is 47.9 cm³/mol. The molecule has 0 atom stereocenters. The third kappa shape index (κ3) is 1.46. The molecule has 0 bridgehead atoms. The summed E-state index contributed by atoms with van der Waals surface area (Å²) in [7, 11) is 0. The summed E-state index contributed by atoms with van der Waals surface area (Å²) in [5.41, 5.74) is 5.66. The van der Waals surface area contributed by atoms with Crippen LogP contribution in [0.1, 0.15) is 6.17 Å². The normalized spacial score (nSPS) is 10.9. The summed E-state index contributed by atoms with van der Waals surface area (Å²) in [4.78, 5) is 7.95. The maximum Gasteiger partial charge on any atom is 0.124 e. The van der Waals surface area contributed by atoms with E-state index < -0.39 is 0 Å². The molecule has 0 radical (unpaired) electrons. The van der Waals surface area contributed by atoms with Gasteiger partial charge in [-0.3, -0.25) is 0 Å². The van der Waals surface area contributed by atoms with Crippen LogP contribution >= 0.6 is 0 Å². The quantitative estimate of drug-likeness (QED) is 0.722. The number of imidazole rings is 2. The predicted octanol–water partition coefficient (Wildman–Crippen LogP) is 0.0852. The van der Waals surface area contributed by atoms with Crippen LogP contribution in [0.5, 0.6) is 0 Å². The minimum Gasteiger partial charge on any atom is -0.327 e. The molecule has 5 heteroatoms. The fraction of sp³-hybridized carbons (Fsp3) is 0.250. The Morgan fingerprint density at radius 1 is 1.08 bits per heavy atom. The smallest absolute Gasteiger partial charge is 0.124 e. The Morgan fingerprint density at radius 2 is 1.62 bits per heavy atom. The van der Waals surface area contributed by atoms with Crippen LogP contribution in [0, 0.1) is 0 Å². The van der Waals surface area contributed by atoms with Crippen molar-refractivity contribution in [2.24, 2.45) is 5.73 Å². The summed E-state index contributed by atoms with van der Waals surface area (Å²) in [6.45, 7) is 0.521. The van der Waals surface area contributed by atoms with Gasteiger partial charge in [-0.1, -0.05) is 0 Å². The molecule has 0 saturated heterocycles. The zero-order chi connectivity index (χ0) is 9.10. The van der Waals surface area contributed by atoms with Gasteiger partial charge < -0.3 is 14.9 Å². The third-order valence-corrected chi connectivity index (χ3v) is 1.95. The Bertz CT molecular complexity index is 302. The average molecular weight is 177 g/mol. The van der Waals surface area contributed by atoms with Crippen molar-refractivity contribution in [3.63, 3.8) is 0 Å². The summed E-state index contributed by atoms with van der Waals surface area (Å²) in [5, 5.41) is 0. The van der Waals surface area contributed by atoms with Crippen molar-refractivity contribution in [1.82, 2.24) is 19.1 Å². The third-order valence-electron chi connectivity index (χ3n) is 1.95. The van der Waals surface area contributed by atoms with Gasteiger partial charge in [-0.2, -0.15) is 0 Å². The van der Waals surface area contributed by atoms with Gasteiger partial charge in [-0.25, -0.2) is 9.97 Å². The molecule has 2 aromatic rings. The molecular formula is C8H11N5. The fourth-order valence-corrected chi connectivity index (χ4v) is 1.29. The minimum absolute atomic E-state index is 0.0741. The van der Waals surface area contributed by atoms with E-state index in [1.54, 1.807) is 25.0 Å². The number of hydrogen-bond acceptors (Lipinski definition) is 3. The van der Waals surface area contributed by atoms with E-state index in [2.05, 4.69) is 9.97 Å². The molecule has 2 N–H and O–H groups in total. The summed E-state index contributed by atoms with van der Waals surface area (Å²) < 4.78 is 3.89. The van der Waals surface area contributed by atoms with Crippen molar-refractivity contribution in [2.75, 3.05) is 6.54 Å². The molecular weight excluding hydrogens is 166 g/mol. The van der Waals surface area contributed by atoms with E-state index in [4.69, 9.17) is 5.73 Å². The van der Waals surface area contributed by atoms with Crippen LogP contribution < -0.4 is 5.73 Å². The van der Waals surface area contributed by atoms with Gasteiger partial charge in [0.05, 0.1) is 12.7 Å². The summed E-state index contributed by atoms with van der Waals surface area (Å²) in [6.07, 6.45) is 10.8. The van der Waals surface area contributed by atoms with Crippen molar-refractivity contribution in [2.45, 2.75) is 6.17 Å². The summed E-state index contributed by atoms with van der Waals surface area (Å²) in [5.74, 6) is 0. The van der Waals surface area contributed by atoms with Gasteiger partial charge in [0.1, 0.15) is 6.17 Å². The molecule has 0 aromatic carbocycles. The zero-order valence-corrected chi connectivity index (χ0v) is 7.11. The van der Waals surface area contributed by atoms with Crippen molar-refractivity contribution in [1.29, 1.82) is 0 Å². The van der Waals surface area contributed by atoms with Gasteiger partial charge in [0, 0.05) is 31.3 Å². The number of nitrogens with zero attached hydrogens (tertiary/aromatic N) is 4. The second-order valence-corrected chi connectivity index (χ2v) is 2.74. The highest BCUT2D eigenvalue weighted by molar-refractivity contribution is 4.86. The first kappa shape index (κ1) is 8.00. The van der Waals surface area contributed by atoms with Gasteiger partial charge in [-0.15, -0.1) is 0 Å². The number of rotatable bonds is 3. The molecule has 0 aliphatic heterocycles. The van der Waals surface area contributed by atoms with Crippen LogP contribution in [0.15, 0.2) is 37.4 Å². The van der Waals surface area contributed by atoms with Crippen molar-refractivity contribution < 1.29 is 0 Å². The van der Waals surface area contributed by atoms with Crippen LogP contribution in [0.2, 0.25) is 0 Å². The highest BCUT2D eigenvalue weighted by atomic mass is 15.2. The lowest BCUT2D eigenvalue weighted by molar-refractivity contribution is 0.439. The molecule has 0 aliphatic carbocycles. The van der Waals surface area contributed by atoms with E-state index >= 15 is 0 Å². The average Bonchev–Trinajstić information content (AvgIpc) is 2.76. The SMILES string of the molecule is NCC(n1ccnc1)n1ccnc1. The molecule has 0 unspecified atom stereocenters. The Morgan fingerprint density at radius 3 is 1.92 bits per heavy atom. The number of hydrogen-bond donors (Lipinski definition) is 1. The first-order valence-corrected chi connectivity index (χ1v) is 4.07. The Labute approximate surface area is 75.8 Å². The molecule has 2 aromatic heterocycles. The van der Waals surface area contributed by atoms with Gasteiger partial charge in [0.2, 0.25) is 0 Å². The Hall–Kier alpha value is -1.62. The molecule has 0 aliphatic rings. The standard InChI is InChI=1S/C8H11N5/c9-5-8(12-3-1-10-6-12)13-4-2-11-7-13/h1-4,6-8H,5,9H2. The first-order chi connectivity index (χ1) is 6.42. The van der Waals surface area contributed by atoms with Crippen LogP contribution in [0.25, 0.3) is 0 Å². The topological polar surface area (TPSA) is 61.7 Å². The molecule has 5 nitrogen and oxygen atoms in total. The van der Waals surface area contributed by atoms with Crippen LogP contribution in [0.4, 0.5) is 0 Å². The van der Waals surface area contributed by atoms with E-state index in [9.17, 15) is 0 Å². The number of aromatic nitrogens is 4. The molecule has 0 amide bonds. The van der Waals surface area contributed by atoms with Crippen LogP contribution in [-0.2, 0) is 0 Å². The molecule has 2 heterocycles. The van der Waals surface area contributed by atoms with Gasteiger partial charge in [0.25, 0.3) is 0 Å². The Balaban J connectivity index is 2.29. The molecule has 2 rings (SSSR count). The summed E-state index contributed by atoms with van der Waals surface area (Å²) in [6, 6.07) is 0. The van der Waals surface area contributed by atoms with Crippen molar-refractivity contribution >= 4 is 0 Å². The highest BCUT2D eigenvalue weighted by Gasteiger charge is 2.08. The first-order valence-electron chi connectivity index (χ1n) is 4.07. The van der Waals surface area contributed by atoms with Crippen molar-refractivity contribution in [3.8, 4) is 0 Å². The molecule has 13 heavy (non-hydrogen) atoms. The van der Waals surface area contributed by atoms with E-state index in [1.807, 2.05) is 21.5 Å². The van der Waals surface area contributed by atoms with E-state index in [0.29, 0.717) is 6.54 Å². The maximum atomic E-state index is 5.66. The van der Waals surface area contributed by atoms with E-state index in [1.165, 1.54) is 0 Å². The minimum atomic E-state index is 0.0741. The van der Waals surface area contributed by atoms with E-state index in [-0.39, 0.29) is 6.17 Å². The molecule has 0 spiro atoms. The van der Waals surface area contributed by atoms with Gasteiger partial charge in [-0.05, 0) is 0 Å². The van der Waals surface area contributed by atoms with E-state index in [0.717, 1.165) is 0 Å². The monoisotopic (exact) mass is 177 g/mol. The fourth-order valence-electron chi connectivity index (χ4n) is 1.29. The highest BCUT2D eigenvalue weighted by Crippen LogP contribution is 2.06. The molecule has 0 fully saturated rings. The lowest BCUT2D eigenvalue weighted by atomic mass is 10.4. The largest absolute Gasteiger partial charge is 0.327 e. The Kier molecular flexibility index (Phi) is 2.09. The maximum absolute atomic E-state index is 5.66. The van der Waals surface area contributed by atoms with Crippen molar-refractivity contribution in [3.05, 3.63) is 37.4 Å². The second kappa shape index (κ2) is 3.40. The molecule has 68 valence electrons. The second-order valence-electron chi connectivity index (χ2n) is 2.74. The lowest BCUT2D eigenvalue weighted by Gasteiger charge is -2.17. The molecule has 0 saturated carbocycles.